The second kappa shape index (κ2) is 4.73. The zero-order valence-electron chi connectivity index (χ0n) is 9.23. The Morgan fingerprint density at radius 1 is 1.27 bits per heavy atom. The number of halogens is 1. The molecule has 2 saturated carbocycles. The first-order chi connectivity index (χ1) is 7.24. The van der Waals surface area contributed by atoms with Crippen LogP contribution in [0.15, 0.2) is 0 Å². The fourth-order valence-electron chi connectivity index (χ4n) is 2.65. The third-order valence-electron chi connectivity index (χ3n) is 3.92. The van der Waals surface area contributed by atoms with Gasteiger partial charge in [0.15, 0.2) is 0 Å². The highest BCUT2D eigenvalue weighted by Crippen LogP contribution is 2.32. The average molecular weight is 230 g/mol. The Balaban J connectivity index is 1.80. The van der Waals surface area contributed by atoms with E-state index in [0.29, 0.717) is 11.8 Å². The SMILES string of the molecule is O=C(CC1CCC1)NC1(CCl)CCCC1. The molecule has 86 valence electrons. The fraction of sp³-hybridized carbons (Fsp3) is 0.917. The van der Waals surface area contributed by atoms with Gasteiger partial charge in [0.1, 0.15) is 0 Å². The highest BCUT2D eigenvalue weighted by atomic mass is 35.5. The number of hydrogen-bond acceptors (Lipinski definition) is 1. The van der Waals surface area contributed by atoms with Gasteiger partial charge in [-0.3, -0.25) is 4.79 Å². The zero-order valence-corrected chi connectivity index (χ0v) is 9.98. The molecule has 2 fully saturated rings. The molecule has 0 aromatic heterocycles. The van der Waals surface area contributed by atoms with Gasteiger partial charge in [0.05, 0.1) is 5.54 Å². The van der Waals surface area contributed by atoms with Crippen LogP contribution in [0.1, 0.15) is 51.4 Å². The highest BCUT2D eigenvalue weighted by molar-refractivity contribution is 6.18. The molecule has 2 aliphatic rings. The minimum atomic E-state index is -0.0671. The number of alkyl halides is 1. The van der Waals surface area contributed by atoms with Gasteiger partial charge >= 0.3 is 0 Å². The molecule has 0 unspecified atom stereocenters. The van der Waals surface area contributed by atoms with Crippen LogP contribution in [0.25, 0.3) is 0 Å². The summed E-state index contributed by atoms with van der Waals surface area (Å²) >= 11 is 5.98. The van der Waals surface area contributed by atoms with Gasteiger partial charge in [0, 0.05) is 12.3 Å². The van der Waals surface area contributed by atoms with E-state index in [0.717, 1.165) is 19.3 Å². The Labute approximate surface area is 96.8 Å². The number of carbonyl (C=O) groups excluding carboxylic acids is 1. The zero-order chi connectivity index (χ0) is 10.7. The third-order valence-corrected chi connectivity index (χ3v) is 4.43. The van der Waals surface area contributed by atoms with Gasteiger partial charge in [-0.1, -0.05) is 19.3 Å². The van der Waals surface area contributed by atoms with Crippen molar-refractivity contribution in [2.24, 2.45) is 5.92 Å². The molecule has 0 aromatic rings. The summed E-state index contributed by atoms with van der Waals surface area (Å²) in [6.07, 6.45) is 9.03. The first kappa shape index (κ1) is 11.3. The summed E-state index contributed by atoms with van der Waals surface area (Å²) in [6.45, 7) is 0. The number of nitrogens with one attached hydrogen (secondary N) is 1. The lowest BCUT2D eigenvalue weighted by molar-refractivity contribution is -0.124. The lowest BCUT2D eigenvalue weighted by Crippen LogP contribution is -2.48. The summed E-state index contributed by atoms with van der Waals surface area (Å²) in [5.74, 6) is 1.45. The Morgan fingerprint density at radius 3 is 2.40 bits per heavy atom. The molecule has 0 spiro atoms. The van der Waals surface area contributed by atoms with E-state index < -0.39 is 0 Å². The molecule has 15 heavy (non-hydrogen) atoms. The molecule has 0 bridgehead atoms. The summed E-state index contributed by atoms with van der Waals surface area (Å²) in [7, 11) is 0. The van der Waals surface area contributed by atoms with E-state index in [4.69, 9.17) is 11.6 Å². The molecule has 2 aliphatic carbocycles. The summed E-state index contributed by atoms with van der Waals surface area (Å²) in [5, 5.41) is 3.17. The predicted molar refractivity (Wildman–Crippen MR) is 62.0 cm³/mol. The van der Waals surface area contributed by atoms with Crippen molar-refractivity contribution in [1.82, 2.24) is 5.32 Å². The van der Waals surface area contributed by atoms with Gasteiger partial charge in [-0.2, -0.15) is 0 Å². The largest absolute Gasteiger partial charge is 0.349 e. The molecule has 0 atom stereocenters. The minimum Gasteiger partial charge on any atom is -0.349 e. The second-order valence-corrected chi connectivity index (χ2v) is 5.44. The lowest BCUT2D eigenvalue weighted by atomic mass is 9.82. The first-order valence-electron chi connectivity index (χ1n) is 6.11. The van der Waals surface area contributed by atoms with Crippen LogP contribution in [0.2, 0.25) is 0 Å². The van der Waals surface area contributed by atoms with Crippen molar-refractivity contribution in [1.29, 1.82) is 0 Å². The van der Waals surface area contributed by atoms with Crippen LogP contribution < -0.4 is 5.32 Å². The second-order valence-electron chi connectivity index (χ2n) is 5.17. The molecule has 3 heteroatoms. The van der Waals surface area contributed by atoms with Gasteiger partial charge in [-0.25, -0.2) is 0 Å². The van der Waals surface area contributed by atoms with E-state index in [1.54, 1.807) is 0 Å². The van der Waals surface area contributed by atoms with E-state index in [9.17, 15) is 4.79 Å². The Bertz CT molecular complexity index is 232. The number of amides is 1. The van der Waals surface area contributed by atoms with E-state index in [1.165, 1.54) is 32.1 Å². The summed E-state index contributed by atoms with van der Waals surface area (Å²) in [5.41, 5.74) is -0.0671. The number of carbonyl (C=O) groups is 1. The highest BCUT2D eigenvalue weighted by Gasteiger charge is 2.35. The van der Waals surface area contributed by atoms with Crippen LogP contribution in [0.3, 0.4) is 0 Å². The summed E-state index contributed by atoms with van der Waals surface area (Å²) in [6, 6.07) is 0. The summed E-state index contributed by atoms with van der Waals surface area (Å²) in [4.78, 5) is 11.8. The maximum atomic E-state index is 11.8. The Morgan fingerprint density at radius 2 is 1.93 bits per heavy atom. The van der Waals surface area contributed by atoms with Crippen molar-refractivity contribution in [2.75, 3.05) is 5.88 Å². The molecule has 1 N–H and O–H groups in total. The van der Waals surface area contributed by atoms with Gasteiger partial charge in [0.25, 0.3) is 0 Å². The quantitative estimate of drug-likeness (QED) is 0.738. The topological polar surface area (TPSA) is 29.1 Å². The molecular formula is C12H20ClNO. The maximum absolute atomic E-state index is 11.8. The molecule has 0 saturated heterocycles. The number of rotatable bonds is 4. The van der Waals surface area contributed by atoms with Crippen molar-refractivity contribution in [3.63, 3.8) is 0 Å². The van der Waals surface area contributed by atoms with Crippen LogP contribution >= 0.6 is 11.6 Å². The van der Waals surface area contributed by atoms with E-state index >= 15 is 0 Å². The Hall–Kier alpha value is -0.240. The molecule has 0 aliphatic heterocycles. The van der Waals surface area contributed by atoms with E-state index in [1.807, 2.05) is 0 Å². The molecule has 0 heterocycles. The van der Waals surface area contributed by atoms with Gasteiger partial charge in [0.2, 0.25) is 5.91 Å². The van der Waals surface area contributed by atoms with Crippen molar-refractivity contribution < 1.29 is 4.79 Å². The fourth-order valence-corrected chi connectivity index (χ4v) is 2.98. The first-order valence-corrected chi connectivity index (χ1v) is 6.64. The van der Waals surface area contributed by atoms with Crippen molar-refractivity contribution in [3.8, 4) is 0 Å². The molecule has 0 aromatic carbocycles. The van der Waals surface area contributed by atoms with Crippen LogP contribution in [-0.4, -0.2) is 17.3 Å². The van der Waals surface area contributed by atoms with Gasteiger partial charge in [-0.15, -0.1) is 11.6 Å². The lowest BCUT2D eigenvalue weighted by Gasteiger charge is -2.30. The van der Waals surface area contributed by atoms with E-state index in [-0.39, 0.29) is 11.4 Å². The predicted octanol–water partition coefficient (Wildman–Crippen LogP) is 2.84. The Kier molecular flexibility index (Phi) is 3.55. The normalized spacial score (nSPS) is 24.9. The minimum absolute atomic E-state index is 0.0671. The van der Waals surface area contributed by atoms with Crippen molar-refractivity contribution in [3.05, 3.63) is 0 Å². The van der Waals surface area contributed by atoms with Crippen molar-refractivity contribution in [2.45, 2.75) is 56.9 Å². The maximum Gasteiger partial charge on any atom is 0.220 e. The summed E-state index contributed by atoms with van der Waals surface area (Å²) < 4.78 is 0. The molecule has 2 nitrogen and oxygen atoms in total. The van der Waals surface area contributed by atoms with Gasteiger partial charge < -0.3 is 5.32 Å². The molecular weight excluding hydrogens is 210 g/mol. The molecule has 1 amide bonds. The van der Waals surface area contributed by atoms with Crippen LogP contribution in [0, 0.1) is 5.92 Å². The monoisotopic (exact) mass is 229 g/mol. The molecule has 0 radical (unpaired) electrons. The number of hydrogen-bond donors (Lipinski definition) is 1. The van der Waals surface area contributed by atoms with Crippen LogP contribution in [-0.2, 0) is 4.79 Å². The standard InChI is InChI=1S/C12H20ClNO/c13-9-12(6-1-2-7-12)14-11(15)8-10-4-3-5-10/h10H,1-9H2,(H,14,15). The average Bonchev–Trinajstić information content (AvgIpc) is 2.61. The molecule has 2 rings (SSSR count). The third kappa shape index (κ3) is 2.66. The van der Waals surface area contributed by atoms with E-state index in [2.05, 4.69) is 5.32 Å². The van der Waals surface area contributed by atoms with Gasteiger partial charge in [-0.05, 0) is 31.6 Å². The van der Waals surface area contributed by atoms with Crippen LogP contribution in [0.5, 0.6) is 0 Å². The van der Waals surface area contributed by atoms with Crippen LogP contribution in [0.4, 0.5) is 0 Å². The van der Waals surface area contributed by atoms with Crippen molar-refractivity contribution >= 4 is 17.5 Å². The smallest absolute Gasteiger partial charge is 0.220 e.